The molecule has 0 saturated carbocycles. The van der Waals surface area contributed by atoms with Crippen LogP contribution in [-0.2, 0) is 20.0 Å². The van der Waals surface area contributed by atoms with Crippen LogP contribution in [0.15, 0.2) is 70.8 Å². The molecular weight excluding hydrogens is 442 g/mol. The summed E-state index contributed by atoms with van der Waals surface area (Å²) in [6.07, 6.45) is 6.01. The zero-order valence-corrected chi connectivity index (χ0v) is 17.9. The number of hydrogen-bond acceptors (Lipinski definition) is 7. The average Bonchev–Trinajstić information content (AvgIpc) is 3.48. The van der Waals surface area contributed by atoms with Gasteiger partial charge in [0.15, 0.2) is 5.82 Å². The number of hydrogen-bond donors (Lipinski definition) is 1. The van der Waals surface area contributed by atoms with Crippen molar-refractivity contribution in [2.24, 2.45) is 0 Å². The quantitative estimate of drug-likeness (QED) is 0.583. The van der Waals surface area contributed by atoms with E-state index in [9.17, 15) is 21.6 Å². The molecule has 0 aliphatic carbocycles. The summed E-state index contributed by atoms with van der Waals surface area (Å²) in [7, 11) is -8.09. The van der Waals surface area contributed by atoms with Crippen LogP contribution in [0.3, 0.4) is 0 Å². The van der Waals surface area contributed by atoms with E-state index in [1.807, 2.05) is 4.72 Å². The molecule has 1 N–H and O–H groups in total. The van der Waals surface area contributed by atoms with Crippen molar-refractivity contribution in [3.8, 4) is 5.82 Å². The molecule has 1 aliphatic heterocycles. The summed E-state index contributed by atoms with van der Waals surface area (Å²) < 4.78 is 55.6. The van der Waals surface area contributed by atoms with E-state index in [4.69, 9.17) is 0 Å². The van der Waals surface area contributed by atoms with Gasteiger partial charge in [0.25, 0.3) is 15.9 Å². The van der Waals surface area contributed by atoms with Crippen molar-refractivity contribution in [2.45, 2.75) is 22.6 Å². The molecule has 1 saturated heterocycles. The Morgan fingerprint density at radius 3 is 2.35 bits per heavy atom. The molecule has 0 spiro atoms. The van der Waals surface area contributed by atoms with E-state index < -0.39 is 26.0 Å². The first-order chi connectivity index (χ1) is 14.8. The SMILES string of the molecule is O=C(NS(=O)(=O)c1cccc(S(=O)(=O)N2CCCC2)c1)c1ccc(-n2cccn2)nc1. The van der Waals surface area contributed by atoms with Crippen LogP contribution in [0.5, 0.6) is 0 Å². The second kappa shape index (κ2) is 8.21. The van der Waals surface area contributed by atoms with Crippen LogP contribution < -0.4 is 4.72 Å². The molecule has 4 rings (SSSR count). The Balaban J connectivity index is 1.54. The zero-order valence-electron chi connectivity index (χ0n) is 16.2. The van der Waals surface area contributed by atoms with Crippen LogP contribution in [0.2, 0.25) is 0 Å². The van der Waals surface area contributed by atoms with Gasteiger partial charge < -0.3 is 0 Å². The lowest BCUT2D eigenvalue weighted by Crippen LogP contribution is -2.31. The second-order valence-corrected chi connectivity index (χ2v) is 10.5. The third-order valence-electron chi connectivity index (χ3n) is 4.79. The standard InChI is InChI=1S/C19H19N5O5S2/c25-19(15-7-8-18(20-14-15)24-12-4-9-21-24)22-30(26,27)16-5-3-6-17(13-16)31(28,29)23-10-1-2-11-23/h3-9,12-14H,1-2,10-11H2,(H,22,25). The predicted molar refractivity (Wildman–Crippen MR) is 110 cm³/mol. The number of carbonyl (C=O) groups is 1. The molecular formula is C19H19N5O5S2. The summed E-state index contributed by atoms with van der Waals surface area (Å²) in [5.41, 5.74) is 0.0281. The van der Waals surface area contributed by atoms with Crippen LogP contribution in [0.1, 0.15) is 23.2 Å². The molecule has 1 aliphatic rings. The Labute approximate surface area is 179 Å². The van der Waals surface area contributed by atoms with Crippen molar-refractivity contribution in [3.63, 3.8) is 0 Å². The minimum atomic E-state index is -4.30. The lowest BCUT2D eigenvalue weighted by Gasteiger charge is -2.16. The highest BCUT2D eigenvalue weighted by atomic mass is 32.2. The number of pyridine rings is 1. The normalized spacial score (nSPS) is 15.1. The van der Waals surface area contributed by atoms with Crippen LogP contribution >= 0.6 is 0 Å². The number of rotatable bonds is 6. The molecule has 12 heteroatoms. The van der Waals surface area contributed by atoms with Crippen LogP contribution in [-0.4, -0.2) is 54.9 Å². The van der Waals surface area contributed by atoms with Crippen LogP contribution in [0, 0.1) is 0 Å². The fraction of sp³-hybridized carbons (Fsp3) is 0.211. The van der Waals surface area contributed by atoms with Gasteiger partial charge in [-0.25, -0.2) is 31.2 Å². The molecule has 0 unspecified atom stereocenters. The largest absolute Gasteiger partial charge is 0.268 e. The lowest BCUT2D eigenvalue weighted by atomic mass is 10.3. The highest BCUT2D eigenvalue weighted by molar-refractivity contribution is 7.90. The van der Waals surface area contributed by atoms with Gasteiger partial charge in [-0.3, -0.25) is 4.79 Å². The molecule has 162 valence electrons. The number of aromatic nitrogens is 3. The van der Waals surface area contributed by atoms with Gasteiger partial charge in [0.05, 0.1) is 15.4 Å². The van der Waals surface area contributed by atoms with Gasteiger partial charge in [-0.1, -0.05) is 6.07 Å². The van der Waals surface area contributed by atoms with Gasteiger partial charge >= 0.3 is 0 Å². The van der Waals surface area contributed by atoms with E-state index in [2.05, 4.69) is 10.1 Å². The monoisotopic (exact) mass is 461 g/mol. The van der Waals surface area contributed by atoms with E-state index in [1.54, 1.807) is 18.5 Å². The summed E-state index contributed by atoms with van der Waals surface area (Å²) in [4.78, 5) is 16.1. The first-order valence-corrected chi connectivity index (χ1v) is 12.3. The summed E-state index contributed by atoms with van der Waals surface area (Å²) in [6.45, 7) is 0.801. The fourth-order valence-corrected chi connectivity index (χ4v) is 5.84. The smallest absolute Gasteiger partial charge is 0.266 e. The number of nitrogens with one attached hydrogen (secondary N) is 1. The highest BCUT2D eigenvalue weighted by Crippen LogP contribution is 2.23. The summed E-state index contributed by atoms with van der Waals surface area (Å²) >= 11 is 0. The molecule has 1 amide bonds. The van der Waals surface area contributed by atoms with Crippen molar-refractivity contribution >= 4 is 26.0 Å². The Morgan fingerprint density at radius 2 is 1.71 bits per heavy atom. The molecule has 2 aromatic heterocycles. The van der Waals surface area contributed by atoms with Crippen LogP contribution in [0.4, 0.5) is 0 Å². The summed E-state index contributed by atoms with van der Waals surface area (Å²) in [5, 5.41) is 4.02. The minimum absolute atomic E-state index is 0.0281. The third-order valence-corrected chi connectivity index (χ3v) is 8.02. The number of benzene rings is 1. The Kier molecular flexibility index (Phi) is 5.60. The van der Waals surface area contributed by atoms with E-state index in [0.29, 0.717) is 18.9 Å². The number of carbonyl (C=O) groups excluding carboxylic acids is 1. The number of nitrogens with zero attached hydrogens (tertiary/aromatic N) is 4. The molecule has 3 heterocycles. The fourth-order valence-electron chi connectivity index (χ4n) is 3.18. The predicted octanol–water partition coefficient (Wildman–Crippen LogP) is 1.17. The van der Waals surface area contributed by atoms with Crippen molar-refractivity contribution in [1.29, 1.82) is 0 Å². The summed E-state index contributed by atoms with van der Waals surface area (Å²) in [5.74, 6) is -0.420. The van der Waals surface area contributed by atoms with Gasteiger partial charge in [0, 0.05) is 31.7 Å². The van der Waals surface area contributed by atoms with E-state index in [0.717, 1.165) is 18.9 Å². The Hall–Kier alpha value is -3.09. The van der Waals surface area contributed by atoms with Gasteiger partial charge in [-0.05, 0) is 49.2 Å². The molecule has 0 atom stereocenters. The highest BCUT2D eigenvalue weighted by Gasteiger charge is 2.28. The maximum atomic E-state index is 12.7. The molecule has 1 aromatic carbocycles. The molecule has 3 aromatic rings. The molecule has 0 bridgehead atoms. The average molecular weight is 462 g/mol. The zero-order chi connectivity index (χ0) is 22.1. The first kappa shape index (κ1) is 21.2. The van der Waals surface area contributed by atoms with Gasteiger partial charge in [-0.15, -0.1) is 0 Å². The topological polar surface area (TPSA) is 131 Å². The minimum Gasteiger partial charge on any atom is -0.268 e. The Morgan fingerprint density at radius 1 is 0.968 bits per heavy atom. The van der Waals surface area contributed by atoms with Crippen molar-refractivity contribution in [3.05, 3.63) is 66.6 Å². The van der Waals surface area contributed by atoms with Gasteiger partial charge in [0.1, 0.15) is 0 Å². The van der Waals surface area contributed by atoms with E-state index >= 15 is 0 Å². The lowest BCUT2D eigenvalue weighted by molar-refractivity contribution is 0.0981. The maximum Gasteiger partial charge on any atom is 0.266 e. The molecule has 0 radical (unpaired) electrons. The summed E-state index contributed by atoms with van der Waals surface area (Å²) in [6, 6.07) is 9.63. The second-order valence-electron chi connectivity index (χ2n) is 6.88. The van der Waals surface area contributed by atoms with Crippen molar-refractivity contribution < 1.29 is 21.6 Å². The van der Waals surface area contributed by atoms with Gasteiger partial charge in [-0.2, -0.15) is 9.40 Å². The van der Waals surface area contributed by atoms with E-state index in [-0.39, 0.29) is 15.4 Å². The number of amides is 1. The number of sulfonamides is 2. The van der Waals surface area contributed by atoms with Gasteiger partial charge in [0.2, 0.25) is 10.0 Å². The maximum absolute atomic E-state index is 12.7. The molecule has 10 nitrogen and oxygen atoms in total. The van der Waals surface area contributed by atoms with Crippen molar-refractivity contribution in [1.82, 2.24) is 23.8 Å². The van der Waals surface area contributed by atoms with E-state index in [1.165, 1.54) is 45.5 Å². The Bertz CT molecular complexity index is 1300. The molecule has 1 fully saturated rings. The third kappa shape index (κ3) is 4.36. The van der Waals surface area contributed by atoms with Crippen LogP contribution in [0.25, 0.3) is 5.82 Å². The van der Waals surface area contributed by atoms with Crippen molar-refractivity contribution in [2.75, 3.05) is 13.1 Å². The first-order valence-electron chi connectivity index (χ1n) is 9.41. The molecule has 31 heavy (non-hydrogen) atoms.